The highest BCUT2D eigenvalue weighted by molar-refractivity contribution is 6.11. The second-order valence-corrected chi connectivity index (χ2v) is 10.9. The average Bonchev–Trinajstić information content (AvgIpc) is 3.50. The van der Waals surface area contributed by atoms with Gasteiger partial charge in [0.15, 0.2) is 0 Å². The van der Waals surface area contributed by atoms with Crippen LogP contribution in [0.5, 0.6) is 0 Å². The number of anilines is 2. The molecule has 2 atom stereocenters. The molecule has 2 fully saturated rings. The van der Waals surface area contributed by atoms with Crippen molar-refractivity contribution in [1.82, 2.24) is 9.80 Å². The molecule has 0 aromatic heterocycles. The maximum Gasteiger partial charge on any atom is 0.414 e. The summed E-state index contributed by atoms with van der Waals surface area (Å²) < 4.78 is 61.8. The zero-order valence-electron chi connectivity index (χ0n) is 23.5. The molecule has 2 aromatic rings. The van der Waals surface area contributed by atoms with Crippen LogP contribution in [0.1, 0.15) is 12.0 Å². The van der Waals surface area contributed by atoms with E-state index in [-0.39, 0.29) is 11.7 Å². The number of aliphatic imine (C=N–C) groups is 1. The molecule has 0 aliphatic carbocycles. The Kier molecular flexibility index (Phi) is 8.76. The lowest BCUT2D eigenvalue weighted by Crippen LogP contribution is -2.44. The quantitative estimate of drug-likeness (QED) is 0.492. The fourth-order valence-electron chi connectivity index (χ4n) is 5.47. The van der Waals surface area contributed by atoms with Gasteiger partial charge < -0.3 is 19.9 Å². The van der Waals surface area contributed by atoms with Gasteiger partial charge in [0.05, 0.1) is 23.6 Å². The molecular weight excluding hydrogens is 554 g/mol. The molecule has 0 bridgehead atoms. The van der Waals surface area contributed by atoms with E-state index in [4.69, 9.17) is 4.74 Å². The van der Waals surface area contributed by atoms with Crippen LogP contribution >= 0.6 is 0 Å². The van der Waals surface area contributed by atoms with Gasteiger partial charge in [-0.1, -0.05) is 12.1 Å². The maximum atomic E-state index is 15.2. The van der Waals surface area contributed by atoms with E-state index in [1.54, 1.807) is 30.3 Å². The summed E-state index contributed by atoms with van der Waals surface area (Å²) in [5.74, 6) is -4.33. The number of piperazine rings is 1. The lowest BCUT2D eigenvalue weighted by molar-refractivity contribution is -0.124. The van der Waals surface area contributed by atoms with Gasteiger partial charge in [0.1, 0.15) is 11.7 Å². The number of ether oxygens (including phenoxy) is 1. The van der Waals surface area contributed by atoms with Crippen LogP contribution in [0, 0.1) is 11.7 Å². The number of nitrogens with zero attached hydrogens (tertiary/aromatic N) is 4. The van der Waals surface area contributed by atoms with Gasteiger partial charge in [0.25, 0.3) is 5.91 Å². The smallest absolute Gasteiger partial charge is 0.380 e. The summed E-state index contributed by atoms with van der Waals surface area (Å²) in [6.45, 7) is 4.71. The highest BCUT2D eigenvalue weighted by Crippen LogP contribution is 2.37. The van der Waals surface area contributed by atoms with Crippen LogP contribution in [0.3, 0.4) is 0 Å². The highest BCUT2D eigenvalue weighted by Gasteiger charge is 2.43. The zero-order chi connectivity index (χ0) is 30.0. The van der Waals surface area contributed by atoms with Crippen LogP contribution in [-0.2, 0) is 20.9 Å². The minimum Gasteiger partial charge on any atom is -0.380 e. The van der Waals surface area contributed by atoms with E-state index < -0.39 is 35.3 Å². The first kappa shape index (κ1) is 29.9. The van der Waals surface area contributed by atoms with E-state index in [2.05, 4.69) is 20.1 Å². The van der Waals surface area contributed by atoms with E-state index in [1.807, 2.05) is 19.0 Å². The number of alkyl halides is 3. The molecule has 0 saturated carbocycles. The van der Waals surface area contributed by atoms with E-state index in [1.165, 1.54) is 6.07 Å². The number of likely N-dealkylation sites (N-methyl/N-ethyl adjacent to an activating group) is 2. The van der Waals surface area contributed by atoms with Crippen molar-refractivity contribution >= 4 is 29.4 Å². The van der Waals surface area contributed by atoms with Gasteiger partial charge in [-0.05, 0) is 55.9 Å². The number of amides is 2. The van der Waals surface area contributed by atoms with Gasteiger partial charge in [-0.25, -0.2) is 9.38 Å². The number of rotatable bonds is 7. The largest absolute Gasteiger partial charge is 0.414 e. The molecular formula is C30H33F4N5O3. The molecule has 3 aliphatic rings. The SMILES string of the molecule is CN1CCN(c2ccc(-c3cc(CN(C)[C@H]4CCOC4)ccc3F)cc2NC(=O)C2C=NC(=O)C=C2C(F)(F)F)CC1. The van der Waals surface area contributed by atoms with Gasteiger partial charge in [0.2, 0.25) is 5.91 Å². The number of halogens is 4. The summed E-state index contributed by atoms with van der Waals surface area (Å²) in [7, 11) is 3.98. The number of carbonyl (C=O) groups is 2. The lowest BCUT2D eigenvalue weighted by atomic mass is 9.95. The molecule has 12 heteroatoms. The Morgan fingerprint density at radius 1 is 1.14 bits per heavy atom. The van der Waals surface area contributed by atoms with E-state index >= 15 is 4.39 Å². The van der Waals surface area contributed by atoms with Crippen molar-refractivity contribution in [2.75, 3.05) is 63.7 Å². The third-order valence-electron chi connectivity index (χ3n) is 7.98. The van der Waals surface area contributed by atoms with E-state index in [9.17, 15) is 22.8 Å². The van der Waals surface area contributed by atoms with Gasteiger partial charge in [0, 0.05) is 63.2 Å². The molecule has 0 spiro atoms. The number of hydrogen-bond acceptors (Lipinski definition) is 6. The topological polar surface area (TPSA) is 77.5 Å². The summed E-state index contributed by atoms with van der Waals surface area (Å²) in [5.41, 5.74) is 1.24. The summed E-state index contributed by atoms with van der Waals surface area (Å²) in [5, 5.41) is 2.64. The first-order valence-electron chi connectivity index (χ1n) is 13.8. The molecule has 3 heterocycles. The first-order valence-corrected chi connectivity index (χ1v) is 13.8. The molecule has 2 saturated heterocycles. The van der Waals surface area contributed by atoms with Crippen molar-refractivity contribution in [3.05, 3.63) is 59.4 Å². The Bertz CT molecular complexity index is 1400. The maximum absolute atomic E-state index is 15.2. The molecule has 8 nitrogen and oxygen atoms in total. The zero-order valence-corrected chi connectivity index (χ0v) is 23.5. The number of benzene rings is 2. The monoisotopic (exact) mass is 587 g/mol. The summed E-state index contributed by atoms with van der Waals surface area (Å²) in [6.07, 6.45) is -2.91. The molecule has 224 valence electrons. The van der Waals surface area contributed by atoms with Gasteiger partial charge in [-0.3, -0.25) is 14.5 Å². The predicted molar refractivity (Wildman–Crippen MR) is 152 cm³/mol. The standard InChI is InChI=1S/C30H33F4N5O3/c1-37-8-10-39(11-9-37)27-6-4-20(22-13-19(3-5-25(22)31)17-38(2)21-7-12-42-18-21)14-26(27)36-29(41)23-16-35-28(40)15-24(23)30(32,33)34/h3-6,13-16,21,23H,7-12,17-18H2,1-2H3,(H,36,41)/t21-,23?/m0/s1. The average molecular weight is 588 g/mol. The Balaban J connectivity index is 1.47. The van der Waals surface area contributed by atoms with Gasteiger partial charge in [-0.15, -0.1) is 0 Å². The summed E-state index contributed by atoms with van der Waals surface area (Å²) >= 11 is 0. The van der Waals surface area contributed by atoms with Crippen molar-refractivity contribution in [1.29, 1.82) is 0 Å². The Hall–Kier alpha value is -3.61. The first-order chi connectivity index (χ1) is 20.0. The highest BCUT2D eigenvalue weighted by atomic mass is 19.4. The minimum absolute atomic E-state index is 0.249. The van der Waals surface area contributed by atoms with Crippen LogP contribution in [0.2, 0.25) is 0 Å². The molecule has 5 rings (SSSR count). The molecule has 1 unspecified atom stereocenters. The van der Waals surface area contributed by atoms with Crippen LogP contribution in [-0.4, -0.2) is 93.5 Å². The predicted octanol–water partition coefficient (Wildman–Crippen LogP) is 4.12. The Labute approximate surface area is 241 Å². The number of nitrogens with one attached hydrogen (secondary N) is 1. The molecule has 2 aromatic carbocycles. The van der Waals surface area contributed by atoms with Crippen molar-refractivity contribution in [2.24, 2.45) is 10.9 Å². The third kappa shape index (κ3) is 6.71. The second-order valence-electron chi connectivity index (χ2n) is 10.9. The van der Waals surface area contributed by atoms with Crippen molar-refractivity contribution < 1.29 is 31.9 Å². The Morgan fingerprint density at radius 2 is 1.90 bits per heavy atom. The molecule has 3 aliphatic heterocycles. The van der Waals surface area contributed by atoms with Crippen LogP contribution < -0.4 is 10.2 Å². The minimum atomic E-state index is -4.90. The van der Waals surface area contributed by atoms with Crippen molar-refractivity contribution in [2.45, 2.75) is 25.2 Å². The summed E-state index contributed by atoms with van der Waals surface area (Å²) in [4.78, 5) is 34.6. The molecule has 2 amide bonds. The van der Waals surface area contributed by atoms with Gasteiger partial charge in [-0.2, -0.15) is 13.2 Å². The molecule has 42 heavy (non-hydrogen) atoms. The van der Waals surface area contributed by atoms with Gasteiger partial charge >= 0.3 is 6.18 Å². The fraction of sp³-hybridized carbons (Fsp3) is 0.433. The van der Waals surface area contributed by atoms with Crippen LogP contribution in [0.4, 0.5) is 28.9 Å². The van der Waals surface area contributed by atoms with Crippen molar-refractivity contribution in [3.8, 4) is 11.1 Å². The summed E-state index contributed by atoms with van der Waals surface area (Å²) in [6, 6.07) is 10.2. The number of dihydropyridines is 1. The molecule has 0 radical (unpaired) electrons. The fourth-order valence-corrected chi connectivity index (χ4v) is 5.47. The lowest BCUT2D eigenvalue weighted by Gasteiger charge is -2.35. The van der Waals surface area contributed by atoms with E-state index in [0.29, 0.717) is 55.7 Å². The second kappa shape index (κ2) is 12.3. The normalized spacial score (nSPS) is 21.6. The number of carbonyl (C=O) groups excluding carboxylic acids is 2. The van der Waals surface area contributed by atoms with Crippen LogP contribution in [0.25, 0.3) is 11.1 Å². The number of hydrogen-bond donors (Lipinski definition) is 1. The van der Waals surface area contributed by atoms with Crippen molar-refractivity contribution in [3.63, 3.8) is 0 Å². The third-order valence-corrected chi connectivity index (χ3v) is 7.98. The van der Waals surface area contributed by atoms with Crippen LogP contribution in [0.15, 0.2) is 53.0 Å². The molecule has 1 N–H and O–H groups in total. The van der Waals surface area contributed by atoms with E-state index in [0.717, 1.165) is 31.3 Å². The Morgan fingerprint density at radius 3 is 2.60 bits per heavy atom.